The monoisotopic (exact) mass is 299 g/mol. The van der Waals surface area contributed by atoms with E-state index >= 15 is 0 Å². The number of phenolic OH excluding ortho intramolecular Hbond substituents is 1. The number of aromatic hydroxyl groups is 1. The number of nitro benzene ring substituents is 1. The van der Waals surface area contributed by atoms with Gasteiger partial charge in [0, 0.05) is 17.7 Å². The summed E-state index contributed by atoms with van der Waals surface area (Å²) >= 11 is 0. The molecule has 0 bridgehead atoms. The number of carbonyl (C=O) groups excluding carboxylic acids is 1. The van der Waals surface area contributed by atoms with Gasteiger partial charge in [0.25, 0.3) is 11.6 Å². The van der Waals surface area contributed by atoms with Crippen LogP contribution in [-0.2, 0) is 4.79 Å². The lowest BCUT2D eigenvalue weighted by Gasteiger charge is -2.02. The Morgan fingerprint density at radius 3 is 2.86 bits per heavy atom. The highest BCUT2D eigenvalue weighted by Crippen LogP contribution is 2.27. The molecule has 110 valence electrons. The van der Waals surface area contributed by atoms with Crippen molar-refractivity contribution in [2.75, 3.05) is 0 Å². The summed E-state index contributed by atoms with van der Waals surface area (Å²) in [5.41, 5.74) is 2.64. The molecular formula is C14H9N3O5. The molecule has 1 aliphatic rings. The molecule has 22 heavy (non-hydrogen) atoms. The van der Waals surface area contributed by atoms with Crippen LogP contribution >= 0.6 is 0 Å². The fourth-order valence-corrected chi connectivity index (χ4v) is 2.00. The van der Waals surface area contributed by atoms with Crippen LogP contribution in [0.1, 0.15) is 11.3 Å². The maximum Gasteiger partial charge on any atom is 0.273 e. The first-order valence-electron chi connectivity index (χ1n) is 6.17. The number of benzene rings is 1. The van der Waals surface area contributed by atoms with Gasteiger partial charge in [-0.25, -0.2) is 5.43 Å². The molecule has 8 heteroatoms. The lowest BCUT2D eigenvalue weighted by molar-refractivity contribution is -0.384. The Hall–Kier alpha value is -3.42. The molecule has 2 N–H and O–H groups in total. The highest BCUT2D eigenvalue weighted by atomic mass is 16.6. The number of hydrazone groups is 1. The summed E-state index contributed by atoms with van der Waals surface area (Å²) in [4.78, 5) is 22.1. The molecule has 1 aromatic heterocycles. The van der Waals surface area contributed by atoms with Crippen molar-refractivity contribution in [1.29, 1.82) is 0 Å². The summed E-state index contributed by atoms with van der Waals surface area (Å²) in [6.45, 7) is 0. The van der Waals surface area contributed by atoms with E-state index in [1.807, 2.05) is 0 Å². The summed E-state index contributed by atoms with van der Waals surface area (Å²) in [5, 5.41) is 24.5. The van der Waals surface area contributed by atoms with Gasteiger partial charge in [0.2, 0.25) is 0 Å². The second-order valence-electron chi connectivity index (χ2n) is 4.44. The van der Waals surface area contributed by atoms with Crippen molar-refractivity contribution in [3.05, 3.63) is 63.6 Å². The van der Waals surface area contributed by atoms with E-state index in [2.05, 4.69) is 10.5 Å². The number of furan rings is 1. The van der Waals surface area contributed by atoms with Crippen LogP contribution in [0.5, 0.6) is 5.75 Å². The van der Waals surface area contributed by atoms with E-state index in [1.54, 1.807) is 12.1 Å². The number of phenols is 1. The molecule has 1 aromatic carbocycles. The SMILES string of the molecule is O=C1NN=C(c2ccco2)/C1=C/c1cc([N+](=O)[O-])ccc1O. The normalized spacial score (nSPS) is 15.7. The molecular weight excluding hydrogens is 290 g/mol. The van der Waals surface area contributed by atoms with Gasteiger partial charge in [0.15, 0.2) is 5.76 Å². The lowest BCUT2D eigenvalue weighted by atomic mass is 10.0. The number of nitrogens with zero attached hydrogens (tertiary/aromatic N) is 2. The molecule has 0 atom stereocenters. The number of amides is 1. The molecule has 0 radical (unpaired) electrons. The van der Waals surface area contributed by atoms with Crippen LogP contribution in [0.25, 0.3) is 6.08 Å². The third-order valence-corrected chi connectivity index (χ3v) is 3.05. The zero-order valence-corrected chi connectivity index (χ0v) is 11.0. The Labute approximate surface area is 123 Å². The first-order chi connectivity index (χ1) is 10.6. The minimum Gasteiger partial charge on any atom is -0.507 e. The molecule has 1 amide bonds. The lowest BCUT2D eigenvalue weighted by Crippen LogP contribution is -2.13. The fourth-order valence-electron chi connectivity index (χ4n) is 2.00. The molecule has 0 aliphatic carbocycles. The molecule has 2 aromatic rings. The van der Waals surface area contributed by atoms with Gasteiger partial charge in [-0.1, -0.05) is 0 Å². The molecule has 3 rings (SSSR count). The fraction of sp³-hybridized carbons (Fsp3) is 0. The summed E-state index contributed by atoms with van der Waals surface area (Å²) in [7, 11) is 0. The van der Waals surface area contributed by atoms with Gasteiger partial charge in [-0.3, -0.25) is 14.9 Å². The van der Waals surface area contributed by atoms with Crippen LogP contribution in [0.15, 0.2) is 51.7 Å². The topological polar surface area (TPSA) is 118 Å². The number of hydrogen-bond acceptors (Lipinski definition) is 6. The average molecular weight is 299 g/mol. The molecule has 0 spiro atoms. The predicted molar refractivity (Wildman–Crippen MR) is 76.1 cm³/mol. The van der Waals surface area contributed by atoms with Gasteiger partial charge in [-0.15, -0.1) is 0 Å². The number of non-ortho nitro benzene ring substituents is 1. The molecule has 0 saturated heterocycles. The van der Waals surface area contributed by atoms with Crippen LogP contribution in [-0.4, -0.2) is 21.6 Å². The predicted octanol–water partition coefficient (Wildman–Crippen LogP) is 1.81. The Kier molecular flexibility index (Phi) is 3.18. The molecule has 0 unspecified atom stereocenters. The molecule has 0 saturated carbocycles. The van der Waals surface area contributed by atoms with Crippen molar-refractivity contribution in [2.45, 2.75) is 0 Å². The number of hydrogen-bond donors (Lipinski definition) is 2. The first kappa shape index (κ1) is 13.6. The highest BCUT2D eigenvalue weighted by molar-refractivity contribution is 6.32. The summed E-state index contributed by atoms with van der Waals surface area (Å²) in [6, 6.07) is 6.81. The summed E-state index contributed by atoms with van der Waals surface area (Å²) < 4.78 is 5.19. The van der Waals surface area contributed by atoms with Crippen molar-refractivity contribution < 1.29 is 19.2 Å². The minimum absolute atomic E-state index is 0.139. The van der Waals surface area contributed by atoms with E-state index in [0.29, 0.717) is 5.76 Å². The van der Waals surface area contributed by atoms with Gasteiger partial charge in [-0.2, -0.15) is 5.10 Å². The number of nitro groups is 1. The van der Waals surface area contributed by atoms with E-state index in [-0.39, 0.29) is 28.3 Å². The third kappa shape index (κ3) is 2.33. The second kappa shape index (κ2) is 5.17. The minimum atomic E-state index is -0.586. The highest BCUT2D eigenvalue weighted by Gasteiger charge is 2.26. The van der Waals surface area contributed by atoms with Gasteiger partial charge in [0.1, 0.15) is 11.5 Å². The second-order valence-corrected chi connectivity index (χ2v) is 4.44. The quantitative estimate of drug-likeness (QED) is 0.509. The van der Waals surface area contributed by atoms with Crippen LogP contribution in [0.4, 0.5) is 5.69 Å². The van der Waals surface area contributed by atoms with Gasteiger partial charge in [-0.05, 0) is 24.3 Å². The summed E-state index contributed by atoms with van der Waals surface area (Å²) in [6.07, 6.45) is 2.76. The maximum atomic E-state index is 11.9. The van der Waals surface area contributed by atoms with E-state index in [0.717, 1.165) is 0 Å². The molecule has 1 aliphatic heterocycles. The largest absolute Gasteiger partial charge is 0.507 e. The third-order valence-electron chi connectivity index (χ3n) is 3.05. The van der Waals surface area contributed by atoms with Crippen molar-refractivity contribution in [3.63, 3.8) is 0 Å². The first-order valence-corrected chi connectivity index (χ1v) is 6.17. The molecule has 2 heterocycles. The Bertz CT molecular complexity index is 821. The Morgan fingerprint density at radius 2 is 2.18 bits per heavy atom. The van der Waals surface area contributed by atoms with E-state index < -0.39 is 10.8 Å². The van der Waals surface area contributed by atoms with E-state index in [1.165, 1.54) is 30.5 Å². The average Bonchev–Trinajstić information content (AvgIpc) is 3.12. The van der Waals surface area contributed by atoms with Gasteiger partial charge >= 0.3 is 0 Å². The molecule has 0 fully saturated rings. The number of carbonyl (C=O) groups is 1. The molecule has 8 nitrogen and oxygen atoms in total. The number of rotatable bonds is 3. The van der Waals surface area contributed by atoms with Crippen molar-refractivity contribution in [3.8, 4) is 5.75 Å². The van der Waals surface area contributed by atoms with Crippen LogP contribution < -0.4 is 5.43 Å². The summed E-state index contributed by atoms with van der Waals surface area (Å²) in [5.74, 6) is -0.302. The van der Waals surface area contributed by atoms with Crippen molar-refractivity contribution >= 4 is 23.4 Å². The smallest absolute Gasteiger partial charge is 0.273 e. The van der Waals surface area contributed by atoms with E-state index in [9.17, 15) is 20.0 Å². The van der Waals surface area contributed by atoms with Crippen molar-refractivity contribution in [2.24, 2.45) is 5.10 Å². The zero-order chi connectivity index (χ0) is 15.7. The van der Waals surface area contributed by atoms with E-state index in [4.69, 9.17) is 4.42 Å². The van der Waals surface area contributed by atoms with Crippen LogP contribution in [0, 0.1) is 10.1 Å². The van der Waals surface area contributed by atoms with Gasteiger partial charge < -0.3 is 9.52 Å². The zero-order valence-electron chi connectivity index (χ0n) is 11.0. The van der Waals surface area contributed by atoms with Crippen LogP contribution in [0.2, 0.25) is 0 Å². The standard InChI is InChI=1S/C14H9N3O5/c18-11-4-3-9(17(20)21)6-8(11)7-10-13(15-16-14(10)19)12-2-1-5-22-12/h1-7,18H,(H,16,19)/b10-7-. The van der Waals surface area contributed by atoms with Crippen molar-refractivity contribution in [1.82, 2.24) is 5.43 Å². The number of nitrogens with one attached hydrogen (secondary N) is 1. The Balaban J connectivity index is 2.07. The van der Waals surface area contributed by atoms with Crippen LogP contribution in [0.3, 0.4) is 0 Å². The van der Waals surface area contributed by atoms with Gasteiger partial charge in [0.05, 0.1) is 16.8 Å². The Morgan fingerprint density at radius 1 is 1.36 bits per heavy atom. The maximum absolute atomic E-state index is 11.9.